The lowest BCUT2D eigenvalue weighted by molar-refractivity contribution is 0.147. The highest BCUT2D eigenvalue weighted by Crippen LogP contribution is 2.46. The summed E-state index contributed by atoms with van der Waals surface area (Å²) in [5, 5.41) is 0. The minimum atomic E-state index is -0.303. The summed E-state index contributed by atoms with van der Waals surface area (Å²) < 4.78 is 27.3. The average Bonchev–Trinajstić information content (AvgIpc) is 3.30. The third kappa shape index (κ3) is 2.38. The Morgan fingerprint density at radius 1 is 1.00 bits per heavy atom. The smallest absolute Gasteiger partial charge is 0.411 e. The fraction of sp³-hybridized carbons (Fsp3) is 0.350. The Morgan fingerprint density at radius 3 is 2.56 bits per heavy atom. The Hall–Kier alpha value is -3.09. The molecule has 0 aliphatic carbocycles. The van der Waals surface area contributed by atoms with Gasteiger partial charge in [-0.15, -0.1) is 0 Å². The van der Waals surface area contributed by atoms with Crippen molar-refractivity contribution in [3.63, 3.8) is 0 Å². The molecule has 2 aromatic carbocycles. The number of rotatable bonds is 3. The number of hydrogen-bond acceptors (Lipinski definition) is 6. The van der Waals surface area contributed by atoms with Gasteiger partial charge in [-0.2, -0.15) is 0 Å². The third-order valence-corrected chi connectivity index (χ3v) is 5.39. The number of benzene rings is 2. The summed E-state index contributed by atoms with van der Waals surface area (Å²) in [7, 11) is 3.20. The zero-order chi connectivity index (χ0) is 18.5. The molecular formula is C20H19NO6. The molecule has 5 rings (SSSR count). The maximum atomic E-state index is 12.5. The summed E-state index contributed by atoms with van der Waals surface area (Å²) in [5.74, 6) is 2.71. The number of fused-ring (bicyclic) bond motifs is 3. The van der Waals surface area contributed by atoms with Crippen molar-refractivity contribution in [3.8, 4) is 23.0 Å². The Labute approximate surface area is 156 Å². The van der Waals surface area contributed by atoms with Gasteiger partial charge in [0.25, 0.3) is 0 Å². The van der Waals surface area contributed by atoms with Crippen LogP contribution in [0.2, 0.25) is 0 Å². The first-order valence-electron chi connectivity index (χ1n) is 8.79. The number of carbonyl (C=O) groups is 1. The zero-order valence-corrected chi connectivity index (χ0v) is 15.1. The van der Waals surface area contributed by atoms with E-state index in [1.54, 1.807) is 14.2 Å². The van der Waals surface area contributed by atoms with Gasteiger partial charge < -0.3 is 23.7 Å². The van der Waals surface area contributed by atoms with Crippen molar-refractivity contribution in [2.75, 3.05) is 27.6 Å². The number of amides is 1. The first-order valence-corrected chi connectivity index (χ1v) is 8.79. The van der Waals surface area contributed by atoms with Crippen molar-refractivity contribution in [2.45, 2.75) is 18.5 Å². The molecule has 0 saturated carbocycles. The molecule has 7 nitrogen and oxygen atoms in total. The molecule has 3 heterocycles. The molecule has 1 saturated heterocycles. The Balaban J connectivity index is 1.68. The molecule has 1 amide bonds. The standard InChI is InChI=1S/C20H19NO6/c1-23-15-4-3-11(6-16(15)24-2)19-14-8-18-17(26-10-27-18)7-12(14)5-13-9-25-20(22)21(13)19/h3-4,6-8,13,19H,5,9-10H2,1-2H3/t13-,19+/m1/s1. The first-order chi connectivity index (χ1) is 13.2. The molecule has 0 bridgehead atoms. The van der Waals surface area contributed by atoms with Gasteiger partial charge in [0, 0.05) is 0 Å². The zero-order valence-electron chi connectivity index (χ0n) is 15.1. The highest BCUT2D eigenvalue weighted by Gasteiger charge is 2.44. The fourth-order valence-corrected chi connectivity index (χ4v) is 4.14. The molecule has 2 atom stereocenters. The molecule has 0 spiro atoms. The second kappa shape index (κ2) is 5.97. The molecule has 0 radical (unpaired) electrons. The average molecular weight is 369 g/mol. The van der Waals surface area contributed by atoms with Crippen LogP contribution < -0.4 is 18.9 Å². The van der Waals surface area contributed by atoms with Crippen LogP contribution in [-0.2, 0) is 11.2 Å². The van der Waals surface area contributed by atoms with Crippen molar-refractivity contribution >= 4 is 6.09 Å². The van der Waals surface area contributed by atoms with E-state index in [2.05, 4.69) is 0 Å². The first kappa shape index (κ1) is 16.1. The number of nitrogens with zero attached hydrogens (tertiary/aromatic N) is 1. The lowest BCUT2D eigenvalue weighted by Crippen LogP contribution is -2.42. The van der Waals surface area contributed by atoms with E-state index in [4.69, 9.17) is 23.7 Å². The van der Waals surface area contributed by atoms with E-state index in [0.717, 1.165) is 28.9 Å². The van der Waals surface area contributed by atoms with Gasteiger partial charge in [-0.05, 0) is 47.4 Å². The Bertz CT molecular complexity index is 927. The van der Waals surface area contributed by atoms with Gasteiger partial charge in [0.15, 0.2) is 23.0 Å². The summed E-state index contributed by atoms with van der Waals surface area (Å²) in [5.41, 5.74) is 3.08. The monoisotopic (exact) mass is 369 g/mol. The molecule has 3 aliphatic heterocycles. The minimum Gasteiger partial charge on any atom is -0.493 e. The summed E-state index contributed by atoms with van der Waals surface area (Å²) in [6.45, 7) is 0.602. The molecule has 0 N–H and O–H groups in total. The number of hydrogen-bond donors (Lipinski definition) is 0. The fourth-order valence-electron chi connectivity index (χ4n) is 4.14. The summed E-state index contributed by atoms with van der Waals surface area (Å²) in [6.07, 6.45) is 0.421. The molecule has 2 aromatic rings. The molecule has 27 heavy (non-hydrogen) atoms. The van der Waals surface area contributed by atoms with E-state index >= 15 is 0 Å². The van der Waals surface area contributed by atoms with Gasteiger partial charge in [0.05, 0.1) is 26.3 Å². The van der Waals surface area contributed by atoms with Crippen molar-refractivity contribution < 1.29 is 28.5 Å². The van der Waals surface area contributed by atoms with Crippen molar-refractivity contribution in [3.05, 3.63) is 47.0 Å². The van der Waals surface area contributed by atoms with Gasteiger partial charge in [-0.3, -0.25) is 4.90 Å². The van der Waals surface area contributed by atoms with Crippen LogP contribution in [0.1, 0.15) is 22.7 Å². The molecule has 0 aromatic heterocycles. The molecule has 140 valence electrons. The van der Waals surface area contributed by atoms with Crippen LogP contribution in [-0.4, -0.2) is 44.7 Å². The Morgan fingerprint density at radius 2 is 1.78 bits per heavy atom. The van der Waals surface area contributed by atoms with Crippen molar-refractivity contribution in [1.82, 2.24) is 4.90 Å². The lowest BCUT2D eigenvalue weighted by Gasteiger charge is -2.37. The number of methoxy groups -OCH3 is 2. The van der Waals surface area contributed by atoms with Crippen LogP contribution in [0.3, 0.4) is 0 Å². The van der Waals surface area contributed by atoms with E-state index in [-0.39, 0.29) is 25.0 Å². The molecule has 0 unspecified atom stereocenters. The minimum absolute atomic E-state index is 0.0107. The van der Waals surface area contributed by atoms with E-state index < -0.39 is 0 Å². The maximum absolute atomic E-state index is 12.5. The lowest BCUT2D eigenvalue weighted by atomic mass is 9.85. The topological polar surface area (TPSA) is 66.5 Å². The maximum Gasteiger partial charge on any atom is 0.411 e. The van der Waals surface area contributed by atoms with E-state index in [9.17, 15) is 4.79 Å². The van der Waals surface area contributed by atoms with Crippen LogP contribution >= 0.6 is 0 Å². The SMILES string of the molecule is COc1ccc([C@H]2c3cc4c(cc3C[C@@H]3COC(=O)N32)OCO4)cc1OC. The molecule has 7 heteroatoms. The summed E-state index contributed by atoms with van der Waals surface area (Å²) in [4.78, 5) is 14.3. The van der Waals surface area contributed by atoms with Gasteiger partial charge >= 0.3 is 6.09 Å². The van der Waals surface area contributed by atoms with Gasteiger partial charge in [0.1, 0.15) is 6.61 Å². The highest BCUT2D eigenvalue weighted by atomic mass is 16.7. The van der Waals surface area contributed by atoms with Gasteiger partial charge in [-0.1, -0.05) is 6.07 Å². The highest BCUT2D eigenvalue weighted by molar-refractivity contribution is 5.73. The predicted octanol–water partition coefficient (Wildman–Crippen LogP) is 2.90. The normalized spacial score (nSPS) is 22.1. The van der Waals surface area contributed by atoms with E-state index in [0.29, 0.717) is 23.9 Å². The van der Waals surface area contributed by atoms with Crippen LogP contribution in [0.5, 0.6) is 23.0 Å². The Kier molecular flexibility index (Phi) is 3.56. The second-order valence-electron chi connectivity index (χ2n) is 6.76. The quantitative estimate of drug-likeness (QED) is 0.829. The number of ether oxygens (including phenoxy) is 5. The van der Waals surface area contributed by atoms with E-state index in [1.807, 2.05) is 35.2 Å². The third-order valence-electron chi connectivity index (χ3n) is 5.39. The predicted molar refractivity (Wildman–Crippen MR) is 94.6 cm³/mol. The molecule has 3 aliphatic rings. The number of carbonyl (C=O) groups excluding carboxylic acids is 1. The molecular weight excluding hydrogens is 350 g/mol. The van der Waals surface area contributed by atoms with Gasteiger partial charge in [0.2, 0.25) is 6.79 Å². The van der Waals surface area contributed by atoms with Crippen molar-refractivity contribution in [2.24, 2.45) is 0 Å². The van der Waals surface area contributed by atoms with Crippen LogP contribution in [0.15, 0.2) is 30.3 Å². The summed E-state index contributed by atoms with van der Waals surface area (Å²) >= 11 is 0. The molecule has 1 fully saturated rings. The number of cyclic esters (lactones) is 1. The van der Waals surface area contributed by atoms with Crippen molar-refractivity contribution in [1.29, 1.82) is 0 Å². The summed E-state index contributed by atoms with van der Waals surface area (Å²) in [6, 6.07) is 9.41. The van der Waals surface area contributed by atoms with Gasteiger partial charge in [-0.25, -0.2) is 4.79 Å². The van der Waals surface area contributed by atoms with Crippen LogP contribution in [0.4, 0.5) is 4.79 Å². The van der Waals surface area contributed by atoms with Crippen LogP contribution in [0.25, 0.3) is 0 Å². The second-order valence-corrected chi connectivity index (χ2v) is 6.76. The van der Waals surface area contributed by atoms with E-state index in [1.165, 1.54) is 0 Å². The van der Waals surface area contributed by atoms with Crippen LogP contribution in [0, 0.1) is 0 Å². The largest absolute Gasteiger partial charge is 0.493 e.